The van der Waals surface area contributed by atoms with Crippen molar-refractivity contribution in [1.29, 1.82) is 0 Å². The molecule has 4 atom stereocenters. The van der Waals surface area contributed by atoms with E-state index >= 15 is 0 Å². The summed E-state index contributed by atoms with van der Waals surface area (Å²) in [5.41, 5.74) is 0.346. The molecule has 25 heavy (non-hydrogen) atoms. The van der Waals surface area contributed by atoms with Gasteiger partial charge in [-0.15, -0.1) is 0 Å². The second kappa shape index (κ2) is 9.51. The maximum Gasteiger partial charge on any atom is 0.311 e. The normalized spacial score (nSPS) is 35.6. The van der Waals surface area contributed by atoms with Gasteiger partial charge in [-0.05, 0) is 45.4 Å². The lowest BCUT2D eigenvalue weighted by Crippen LogP contribution is -2.46. The van der Waals surface area contributed by atoms with Crippen LogP contribution in [0.5, 0.6) is 0 Å². The van der Waals surface area contributed by atoms with Gasteiger partial charge in [0, 0.05) is 5.92 Å². The number of Topliss-reactive ketones (excluding diaryl/α,β-unsaturated/α-hetero) is 1. The van der Waals surface area contributed by atoms with E-state index in [1.165, 1.54) is 5.57 Å². The van der Waals surface area contributed by atoms with Crippen molar-refractivity contribution in [3.8, 4) is 0 Å². The molecule has 0 saturated heterocycles. The average molecular weight is 353 g/mol. The minimum absolute atomic E-state index is 0.0228. The molecule has 1 rings (SSSR count). The maximum atomic E-state index is 12.9. The second-order valence-corrected chi connectivity index (χ2v) is 8.46. The molecular formula is C21H36O4. The molecule has 0 spiro atoms. The Bertz CT molecular complexity index is 492. The van der Waals surface area contributed by atoms with Crippen LogP contribution in [0.25, 0.3) is 0 Å². The molecule has 0 aromatic rings. The number of carbonyl (C=O) groups is 2. The second-order valence-electron chi connectivity index (χ2n) is 8.46. The Morgan fingerprint density at radius 2 is 1.84 bits per heavy atom. The first kappa shape index (κ1) is 21.9. The van der Waals surface area contributed by atoms with E-state index in [1.807, 2.05) is 6.92 Å². The van der Waals surface area contributed by atoms with Crippen LogP contribution in [0.2, 0.25) is 0 Å². The van der Waals surface area contributed by atoms with E-state index in [1.54, 1.807) is 20.8 Å². The zero-order chi connectivity index (χ0) is 19.2. The molecule has 0 aliphatic carbocycles. The number of carbonyl (C=O) groups excluding carboxylic acids is 2. The summed E-state index contributed by atoms with van der Waals surface area (Å²) < 4.78 is 5.29. The molecule has 0 bridgehead atoms. The summed E-state index contributed by atoms with van der Waals surface area (Å²) in [6, 6.07) is 0. The molecule has 4 heteroatoms. The summed E-state index contributed by atoms with van der Waals surface area (Å²) >= 11 is 0. The average Bonchev–Trinajstić information content (AvgIpc) is 2.55. The molecule has 0 aromatic heterocycles. The molecule has 0 aromatic carbocycles. The van der Waals surface area contributed by atoms with E-state index in [9.17, 15) is 14.7 Å². The van der Waals surface area contributed by atoms with Crippen LogP contribution < -0.4 is 0 Å². The summed E-state index contributed by atoms with van der Waals surface area (Å²) in [4.78, 5) is 25.1. The monoisotopic (exact) mass is 352 g/mol. The summed E-state index contributed by atoms with van der Waals surface area (Å²) in [5.74, 6) is -0.800. The van der Waals surface area contributed by atoms with Crippen LogP contribution in [-0.4, -0.2) is 29.6 Å². The van der Waals surface area contributed by atoms with Gasteiger partial charge >= 0.3 is 5.97 Å². The van der Waals surface area contributed by atoms with Gasteiger partial charge in [0.1, 0.15) is 5.78 Å². The van der Waals surface area contributed by atoms with Gasteiger partial charge in [-0.1, -0.05) is 45.8 Å². The van der Waals surface area contributed by atoms with Gasteiger partial charge in [0.05, 0.1) is 24.0 Å². The Kier molecular flexibility index (Phi) is 8.33. The first-order valence-electron chi connectivity index (χ1n) is 9.62. The molecule has 0 amide bonds. The summed E-state index contributed by atoms with van der Waals surface area (Å²) in [6.45, 7) is 11.7. The summed E-state index contributed by atoms with van der Waals surface area (Å²) in [5, 5.41) is 10.6. The van der Waals surface area contributed by atoms with Gasteiger partial charge in [0.25, 0.3) is 0 Å². The molecule has 0 saturated carbocycles. The Balaban J connectivity index is 2.97. The molecule has 0 radical (unpaired) electrons. The first-order valence-corrected chi connectivity index (χ1v) is 9.62. The Morgan fingerprint density at radius 1 is 1.20 bits per heavy atom. The predicted octanol–water partition coefficient (Wildman–Crippen LogP) is 4.30. The van der Waals surface area contributed by atoms with E-state index in [-0.39, 0.29) is 11.7 Å². The van der Waals surface area contributed by atoms with Crippen molar-refractivity contribution in [1.82, 2.24) is 0 Å². The minimum Gasteiger partial charge on any atom is -0.465 e. The number of cyclic esters (lactones) is 1. The van der Waals surface area contributed by atoms with E-state index < -0.39 is 23.4 Å². The van der Waals surface area contributed by atoms with Crippen LogP contribution in [0.3, 0.4) is 0 Å². The van der Waals surface area contributed by atoms with Gasteiger partial charge < -0.3 is 9.84 Å². The Hall–Kier alpha value is -1.16. The number of ether oxygens (including phenoxy) is 1. The fourth-order valence-corrected chi connectivity index (χ4v) is 3.79. The third-order valence-electron chi connectivity index (χ3n) is 5.55. The highest BCUT2D eigenvalue weighted by Gasteiger charge is 2.43. The van der Waals surface area contributed by atoms with Crippen molar-refractivity contribution in [3.63, 3.8) is 0 Å². The first-order chi connectivity index (χ1) is 11.6. The van der Waals surface area contributed by atoms with Crippen molar-refractivity contribution in [2.45, 2.75) is 79.8 Å². The van der Waals surface area contributed by atoms with Crippen molar-refractivity contribution < 1.29 is 19.4 Å². The topological polar surface area (TPSA) is 63.6 Å². The van der Waals surface area contributed by atoms with Crippen LogP contribution in [0.15, 0.2) is 11.6 Å². The molecule has 4 nitrogen and oxygen atoms in total. The number of rotatable bonds is 0. The molecule has 1 aliphatic heterocycles. The van der Waals surface area contributed by atoms with Crippen LogP contribution in [0.1, 0.15) is 73.6 Å². The SMILES string of the molecule is C/C1=C/CCOC(=O)C(C)C(O)C(C)(C)C(=O)C(C)CC(C)CCC1. The summed E-state index contributed by atoms with van der Waals surface area (Å²) in [6.07, 6.45) is 5.83. The van der Waals surface area contributed by atoms with Crippen LogP contribution in [0.4, 0.5) is 0 Å². The number of allylic oxidation sites excluding steroid dienone is 1. The van der Waals surface area contributed by atoms with E-state index in [0.717, 1.165) is 25.7 Å². The molecule has 0 fully saturated rings. The number of aliphatic hydroxyl groups excluding tert-OH is 1. The molecule has 1 heterocycles. The zero-order valence-corrected chi connectivity index (χ0v) is 16.8. The Labute approximate surface area is 153 Å². The van der Waals surface area contributed by atoms with Crippen LogP contribution in [0, 0.1) is 23.2 Å². The minimum atomic E-state index is -1.05. The maximum absolute atomic E-state index is 12.9. The van der Waals surface area contributed by atoms with Gasteiger partial charge in [-0.3, -0.25) is 9.59 Å². The number of hydrogen-bond donors (Lipinski definition) is 1. The lowest BCUT2D eigenvalue weighted by atomic mass is 9.71. The van der Waals surface area contributed by atoms with E-state index in [4.69, 9.17) is 4.74 Å². The predicted molar refractivity (Wildman–Crippen MR) is 100 cm³/mol. The number of esters is 1. The lowest BCUT2D eigenvalue weighted by Gasteiger charge is -2.34. The standard InChI is InChI=1S/C21H36O4/c1-14-9-7-10-15(2)13-16(3)18(22)21(5,6)19(23)17(4)20(24)25-12-8-11-14/h11,15-17,19,23H,7-10,12-13H2,1-6H3/b14-11-. The van der Waals surface area contributed by atoms with Crippen molar-refractivity contribution >= 4 is 11.8 Å². The van der Waals surface area contributed by atoms with Crippen molar-refractivity contribution in [2.24, 2.45) is 23.2 Å². The highest BCUT2D eigenvalue weighted by Crippen LogP contribution is 2.33. The van der Waals surface area contributed by atoms with E-state index in [0.29, 0.717) is 18.9 Å². The molecule has 4 unspecified atom stereocenters. The third kappa shape index (κ3) is 6.25. The van der Waals surface area contributed by atoms with Crippen molar-refractivity contribution in [3.05, 3.63) is 11.6 Å². The number of aliphatic hydroxyl groups is 1. The van der Waals surface area contributed by atoms with Crippen LogP contribution >= 0.6 is 0 Å². The quantitative estimate of drug-likeness (QED) is 0.521. The van der Waals surface area contributed by atoms with Gasteiger partial charge in [0.15, 0.2) is 0 Å². The largest absolute Gasteiger partial charge is 0.465 e. The van der Waals surface area contributed by atoms with Gasteiger partial charge in [-0.2, -0.15) is 0 Å². The highest BCUT2D eigenvalue weighted by molar-refractivity contribution is 5.87. The molecule has 1 N–H and O–H groups in total. The smallest absolute Gasteiger partial charge is 0.311 e. The highest BCUT2D eigenvalue weighted by atomic mass is 16.5. The lowest BCUT2D eigenvalue weighted by molar-refractivity contribution is -0.157. The fraction of sp³-hybridized carbons (Fsp3) is 0.810. The Morgan fingerprint density at radius 3 is 2.48 bits per heavy atom. The molecule has 1 aliphatic rings. The van der Waals surface area contributed by atoms with Gasteiger partial charge in [-0.25, -0.2) is 0 Å². The molecular weight excluding hydrogens is 316 g/mol. The van der Waals surface area contributed by atoms with Crippen molar-refractivity contribution in [2.75, 3.05) is 6.61 Å². The van der Waals surface area contributed by atoms with Gasteiger partial charge in [0.2, 0.25) is 0 Å². The zero-order valence-electron chi connectivity index (χ0n) is 16.8. The van der Waals surface area contributed by atoms with Crippen LogP contribution in [-0.2, 0) is 14.3 Å². The third-order valence-corrected chi connectivity index (χ3v) is 5.55. The molecule has 144 valence electrons. The summed E-state index contributed by atoms with van der Waals surface area (Å²) in [7, 11) is 0. The van der Waals surface area contributed by atoms with E-state index in [2.05, 4.69) is 19.9 Å². The fourth-order valence-electron chi connectivity index (χ4n) is 3.79. The number of ketones is 1. The number of hydrogen-bond acceptors (Lipinski definition) is 4.